The first-order chi connectivity index (χ1) is 10.3. The van der Waals surface area contributed by atoms with Crippen molar-refractivity contribution in [3.05, 3.63) is 24.3 Å². The van der Waals surface area contributed by atoms with E-state index in [1.807, 2.05) is 0 Å². The molecule has 0 saturated carbocycles. The fourth-order valence-electron chi connectivity index (χ4n) is 3.33. The zero-order chi connectivity index (χ0) is 15.2. The van der Waals surface area contributed by atoms with E-state index in [0.29, 0.717) is 5.41 Å². The SMILES string of the molecule is CCCCCCCCCCCCCCC1(C)C=CC=CC1. The summed E-state index contributed by atoms with van der Waals surface area (Å²) in [5, 5.41) is 0. The lowest BCUT2D eigenvalue weighted by molar-refractivity contribution is 0.370. The molecule has 0 bridgehead atoms. The molecule has 0 amide bonds. The van der Waals surface area contributed by atoms with Crippen LogP contribution in [-0.4, -0.2) is 0 Å². The molecule has 0 nitrogen and oxygen atoms in total. The summed E-state index contributed by atoms with van der Waals surface area (Å²) in [7, 11) is 0. The highest BCUT2D eigenvalue weighted by Crippen LogP contribution is 2.33. The molecule has 1 aliphatic rings. The van der Waals surface area contributed by atoms with E-state index in [1.165, 1.54) is 89.9 Å². The summed E-state index contributed by atoms with van der Waals surface area (Å²) in [5.74, 6) is 0. The van der Waals surface area contributed by atoms with Crippen molar-refractivity contribution in [1.82, 2.24) is 0 Å². The van der Waals surface area contributed by atoms with Gasteiger partial charge in [0.25, 0.3) is 0 Å². The van der Waals surface area contributed by atoms with Gasteiger partial charge in [0.1, 0.15) is 0 Å². The Kier molecular flexibility index (Phi) is 10.6. The molecule has 0 heterocycles. The summed E-state index contributed by atoms with van der Waals surface area (Å²) in [6.45, 7) is 4.70. The van der Waals surface area contributed by atoms with Crippen LogP contribution in [0.5, 0.6) is 0 Å². The Bertz CT molecular complexity index is 286. The van der Waals surface area contributed by atoms with Crippen molar-refractivity contribution in [2.24, 2.45) is 5.41 Å². The molecular formula is C21H38. The maximum Gasteiger partial charge on any atom is -0.0109 e. The molecule has 0 heteroatoms. The monoisotopic (exact) mass is 290 g/mol. The molecule has 122 valence electrons. The van der Waals surface area contributed by atoms with E-state index in [2.05, 4.69) is 38.2 Å². The van der Waals surface area contributed by atoms with E-state index in [-0.39, 0.29) is 0 Å². The maximum absolute atomic E-state index is 2.41. The van der Waals surface area contributed by atoms with Gasteiger partial charge in [-0.05, 0) is 18.3 Å². The van der Waals surface area contributed by atoms with Crippen LogP contribution >= 0.6 is 0 Å². The van der Waals surface area contributed by atoms with Gasteiger partial charge in [0.2, 0.25) is 0 Å². The van der Waals surface area contributed by atoms with Crippen molar-refractivity contribution < 1.29 is 0 Å². The zero-order valence-corrected chi connectivity index (χ0v) is 14.7. The third-order valence-corrected chi connectivity index (χ3v) is 4.93. The fourth-order valence-corrected chi connectivity index (χ4v) is 3.33. The minimum atomic E-state index is 0.452. The summed E-state index contributed by atoms with van der Waals surface area (Å²) < 4.78 is 0. The number of hydrogen-bond donors (Lipinski definition) is 0. The molecule has 0 radical (unpaired) electrons. The van der Waals surface area contributed by atoms with Gasteiger partial charge < -0.3 is 0 Å². The van der Waals surface area contributed by atoms with Crippen LogP contribution in [0.3, 0.4) is 0 Å². The number of allylic oxidation sites excluding steroid dienone is 4. The first kappa shape index (κ1) is 18.5. The van der Waals surface area contributed by atoms with Gasteiger partial charge in [0.15, 0.2) is 0 Å². The van der Waals surface area contributed by atoms with Crippen LogP contribution in [-0.2, 0) is 0 Å². The van der Waals surface area contributed by atoms with Gasteiger partial charge in [-0.25, -0.2) is 0 Å². The molecule has 0 aliphatic heterocycles. The predicted octanol–water partition coefficient (Wildman–Crippen LogP) is 7.60. The van der Waals surface area contributed by atoms with E-state index >= 15 is 0 Å². The summed E-state index contributed by atoms with van der Waals surface area (Å²) in [6.07, 6.45) is 29.1. The Morgan fingerprint density at radius 1 is 0.714 bits per heavy atom. The molecule has 21 heavy (non-hydrogen) atoms. The number of rotatable bonds is 13. The topological polar surface area (TPSA) is 0 Å². The minimum Gasteiger partial charge on any atom is -0.0837 e. The Morgan fingerprint density at radius 3 is 1.71 bits per heavy atom. The largest absolute Gasteiger partial charge is 0.0837 e. The second kappa shape index (κ2) is 12.1. The molecule has 1 rings (SSSR count). The highest BCUT2D eigenvalue weighted by molar-refractivity contribution is 5.15. The van der Waals surface area contributed by atoms with Gasteiger partial charge in [-0.3, -0.25) is 0 Å². The molecule has 1 atom stereocenters. The summed E-state index contributed by atoms with van der Waals surface area (Å²) in [5.41, 5.74) is 0.452. The third kappa shape index (κ3) is 9.93. The molecule has 0 aromatic rings. The van der Waals surface area contributed by atoms with Gasteiger partial charge in [-0.1, -0.05) is 115 Å². The first-order valence-electron chi connectivity index (χ1n) is 9.61. The quantitative estimate of drug-likeness (QED) is 0.306. The molecule has 0 fully saturated rings. The molecule has 1 aliphatic carbocycles. The van der Waals surface area contributed by atoms with Gasteiger partial charge in [-0.15, -0.1) is 0 Å². The van der Waals surface area contributed by atoms with Crippen LogP contribution in [0.2, 0.25) is 0 Å². The summed E-state index contributed by atoms with van der Waals surface area (Å²) in [6, 6.07) is 0. The van der Waals surface area contributed by atoms with Crippen molar-refractivity contribution in [2.75, 3.05) is 0 Å². The highest BCUT2D eigenvalue weighted by Gasteiger charge is 2.19. The average molecular weight is 291 g/mol. The van der Waals surface area contributed by atoms with Gasteiger partial charge in [0, 0.05) is 0 Å². The maximum atomic E-state index is 2.41. The highest BCUT2D eigenvalue weighted by atomic mass is 14.2. The van der Waals surface area contributed by atoms with Crippen molar-refractivity contribution in [1.29, 1.82) is 0 Å². The van der Waals surface area contributed by atoms with Crippen molar-refractivity contribution in [3.63, 3.8) is 0 Å². The minimum absolute atomic E-state index is 0.452. The second-order valence-corrected chi connectivity index (χ2v) is 7.28. The average Bonchev–Trinajstić information content (AvgIpc) is 2.49. The van der Waals surface area contributed by atoms with Crippen molar-refractivity contribution in [2.45, 2.75) is 104 Å². The smallest absolute Gasteiger partial charge is 0.0109 e. The molecule has 0 aromatic heterocycles. The summed E-state index contributed by atoms with van der Waals surface area (Å²) >= 11 is 0. The molecule has 0 aromatic carbocycles. The van der Waals surface area contributed by atoms with Crippen molar-refractivity contribution >= 4 is 0 Å². The fraction of sp³-hybridized carbons (Fsp3) is 0.810. The third-order valence-electron chi connectivity index (χ3n) is 4.93. The van der Waals surface area contributed by atoms with Gasteiger partial charge >= 0.3 is 0 Å². The van der Waals surface area contributed by atoms with Crippen LogP contribution in [0.1, 0.15) is 104 Å². The van der Waals surface area contributed by atoms with Crippen LogP contribution in [0.25, 0.3) is 0 Å². The number of hydrogen-bond acceptors (Lipinski definition) is 0. The van der Waals surface area contributed by atoms with E-state index in [9.17, 15) is 0 Å². The van der Waals surface area contributed by atoms with E-state index in [1.54, 1.807) is 0 Å². The van der Waals surface area contributed by atoms with Crippen LogP contribution in [0.4, 0.5) is 0 Å². The molecule has 0 saturated heterocycles. The lowest BCUT2D eigenvalue weighted by atomic mass is 9.79. The lowest BCUT2D eigenvalue weighted by Gasteiger charge is -2.26. The predicted molar refractivity (Wildman–Crippen MR) is 96.7 cm³/mol. The Balaban J connectivity index is 1.81. The zero-order valence-electron chi connectivity index (χ0n) is 14.7. The van der Waals surface area contributed by atoms with Crippen molar-refractivity contribution in [3.8, 4) is 0 Å². The van der Waals surface area contributed by atoms with Crippen LogP contribution in [0.15, 0.2) is 24.3 Å². The molecule has 0 spiro atoms. The standard InChI is InChI=1S/C21H38/c1-3-4-5-6-7-8-9-10-11-12-13-15-18-21(2)19-16-14-17-20-21/h14,16-17,19H,3-13,15,18,20H2,1-2H3. The molecular weight excluding hydrogens is 252 g/mol. The van der Waals surface area contributed by atoms with Gasteiger partial charge in [0.05, 0.1) is 0 Å². The van der Waals surface area contributed by atoms with Gasteiger partial charge in [-0.2, -0.15) is 0 Å². The van der Waals surface area contributed by atoms with E-state index in [0.717, 1.165) is 0 Å². The molecule has 1 unspecified atom stereocenters. The Morgan fingerprint density at radius 2 is 1.24 bits per heavy atom. The van der Waals surface area contributed by atoms with Crippen LogP contribution < -0.4 is 0 Å². The number of unbranched alkanes of at least 4 members (excludes halogenated alkanes) is 11. The van der Waals surface area contributed by atoms with E-state index < -0.39 is 0 Å². The van der Waals surface area contributed by atoms with E-state index in [4.69, 9.17) is 0 Å². The summed E-state index contributed by atoms with van der Waals surface area (Å²) in [4.78, 5) is 0. The first-order valence-corrected chi connectivity index (χ1v) is 9.61. The second-order valence-electron chi connectivity index (χ2n) is 7.28. The lowest BCUT2D eigenvalue weighted by Crippen LogP contribution is -2.13. The van der Waals surface area contributed by atoms with Crippen LogP contribution in [0, 0.1) is 5.41 Å². The molecule has 0 N–H and O–H groups in total. The Hall–Kier alpha value is -0.520. The Labute approximate surface area is 134 Å². The normalized spacial score (nSPS) is 21.0.